The summed E-state index contributed by atoms with van der Waals surface area (Å²) in [7, 11) is 1.71. The van der Waals surface area contributed by atoms with E-state index >= 15 is 0 Å². The number of hydrogen-bond acceptors (Lipinski definition) is 4. The summed E-state index contributed by atoms with van der Waals surface area (Å²) in [5, 5.41) is 6.68. The molecular formula is C22H28N6O. The molecular weight excluding hydrogens is 364 g/mol. The number of nitrogens with one attached hydrogen (secondary N) is 2. The normalized spacial score (nSPS) is 11.3. The minimum atomic E-state index is 0.560. The van der Waals surface area contributed by atoms with Gasteiger partial charge in [-0.2, -0.15) is 0 Å². The lowest BCUT2D eigenvalue weighted by molar-refractivity contribution is 0.411. The van der Waals surface area contributed by atoms with Gasteiger partial charge < -0.3 is 15.4 Å². The first-order valence-corrected chi connectivity index (χ1v) is 9.78. The Kier molecular flexibility index (Phi) is 7.22. The van der Waals surface area contributed by atoms with Crippen LogP contribution < -0.4 is 15.4 Å². The van der Waals surface area contributed by atoms with Crippen LogP contribution in [0.3, 0.4) is 0 Å². The molecule has 0 radical (unpaired) electrons. The lowest BCUT2D eigenvalue weighted by Crippen LogP contribution is -2.38. The summed E-state index contributed by atoms with van der Waals surface area (Å²) in [6, 6.07) is 10.3. The Morgan fingerprint density at radius 1 is 1.17 bits per heavy atom. The van der Waals surface area contributed by atoms with E-state index in [-0.39, 0.29) is 0 Å². The molecule has 0 saturated carbocycles. The fourth-order valence-electron chi connectivity index (χ4n) is 2.91. The largest absolute Gasteiger partial charge is 0.496 e. The summed E-state index contributed by atoms with van der Waals surface area (Å²) >= 11 is 0. The predicted molar refractivity (Wildman–Crippen MR) is 116 cm³/mol. The second-order valence-corrected chi connectivity index (χ2v) is 6.67. The molecule has 0 bridgehead atoms. The molecule has 0 unspecified atom stereocenters. The summed E-state index contributed by atoms with van der Waals surface area (Å²) in [4.78, 5) is 13.2. The van der Waals surface area contributed by atoms with E-state index < -0.39 is 0 Å². The maximum absolute atomic E-state index is 5.40. The Labute approximate surface area is 171 Å². The van der Waals surface area contributed by atoms with Gasteiger partial charge in [0.15, 0.2) is 5.96 Å². The maximum atomic E-state index is 5.40. The highest BCUT2D eigenvalue weighted by Gasteiger charge is 2.03. The van der Waals surface area contributed by atoms with Crippen LogP contribution in [0.4, 0.5) is 0 Å². The van der Waals surface area contributed by atoms with Crippen molar-refractivity contribution in [1.29, 1.82) is 0 Å². The number of guanidine groups is 1. The highest BCUT2D eigenvalue weighted by molar-refractivity contribution is 5.79. The maximum Gasteiger partial charge on any atom is 0.191 e. The van der Waals surface area contributed by atoms with E-state index in [4.69, 9.17) is 4.74 Å². The van der Waals surface area contributed by atoms with Gasteiger partial charge in [-0.05, 0) is 49.1 Å². The number of ether oxygens (including phenoxy) is 1. The van der Waals surface area contributed by atoms with Crippen LogP contribution in [0.5, 0.6) is 5.75 Å². The Bertz CT molecular complexity index is 919. The predicted octanol–water partition coefficient (Wildman–Crippen LogP) is 2.88. The fourth-order valence-corrected chi connectivity index (χ4v) is 2.91. The average Bonchev–Trinajstić information content (AvgIpc) is 3.28. The number of nitrogens with zero attached hydrogens (tertiary/aromatic N) is 4. The van der Waals surface area contributed by atoms with Crippen molar-refractivity contribution in [3.63, 3.8) is 0 Å². The molecule has 0 amide bonds. The van der Waals surface area contributed by atoms with Gasteiger partial charge in [0.25, 0.3) is 0 Å². The Hall–Kier alpha value is -3.35. The average molecular weight is 393 g/mol. The fraction of sp³-hybridized carbons (Fsp3) is 0.318. The smallest absolute Gasteiger partial charge is 0.191 e. The van der Waals surface area contributed by atoms with Crippen LogP contribution in [-0.4, -0.2) is 40.7 Å². The summed E-state index contributed by atoms with van der Waals surface area (Å²) in [6.07, 6.45) is 8.08. The van der Waals surface area contributed by atoms with Crippen molar-refractivity contribution in [1.82, 2.24) is 25.2 Å². The lowest BCUT2D eigenvalue weighted by Gasteiger charge is -2.12. The SMILES string of the molecule is CCNC(=NCc1ccc(-n2ccnc2)nc1)NCCc1ccc(C)c(OC)c1. The molecule has 0 aliphatic rings. The molecule has 0 fully saturated rings. The molecule has 152 valence electrons. The van der Waals surface area contributed by atoms with Crippen molar-refractivity contribution in [2.45, 2.75) is 26.8 Å². The Balaban J connectivity index is 1.55. The number of benzene rings is 1. The number of aliphatic imine (C=N–C) groups is 1. The van der Waals surface area contributed by atoms with Crippen molar-refractivity contribution < 1.29 is 4.74 Å². The molecule has 0 spiro atoms. The second kappa shape index (κ2) is 10.3. The standard InChI is InChI=1S/C22H28N6O/c1-4-24-22(25-10-9-18-6-5-17(2)20(13-18)29-3)27-15-19-7-8-21(26-14-19)28-12-11-23-16-28/h5-8,11-14,16H,4,9-10,15H2,1-3H3,(H2,24,25,27). The van der Waals surface area contributed by atoms with Crippen LogP contribution in [0.25, 0.3) is 5.82 Å². The quantitative estimate of drug-likeness (QED) is 0.455. The zero-order valence-electron chi connectivity index (χ0n) is 17.2. The van der Waals surface area contributed by atoms with Gasteiger partial charge in [0.1, 0.15) is 17.9 Å². The first kappa shape index (κ1) is 20.4. The minimum absolute atomic E-state index is 0.560. The van der Waals surface area contributed by atoms with Crippen LogP contribution in [0.2, 0.25) is 0 Å². The van der Waals surface area contributed by atoms with Gasteiger partial charge in [-0.3, -0.25) is 4.57 Å². The minimum Gasteiger partial charge on any atom is -0.496 e. The number of aryl methyl sites for hydroxylation is 1. The second-order valence-electron chi connectivity index (χ2n) is 6.67. The highest BCUT2D eigenvalue weighted by atomic mass is 16.5. The number of hydrogen-bond donors (Lipinski definition) is 2. The van der Waals surface area contributed by atoms with Crippen LogP contribution in [-0.2, 0) is 13.0 Å². The van der Waals surface area contributed by atoms with E-state index in [1.807, 2.05) is 36.0 Å². The van der Waals surface area contributed by atoms with Gasteiger partial charge >= 0.3 is 0 Å². The van der Waals surface area contributed by atoms with Gasteiger partial charge in [-0.15, -0.1) is 0 Å². The van der Waals surface area contributed by atoms with Crippen molar-refractivity contribution in [2.75, 3.05) is 20.2 Å². The third-order valence-corrected chi connectivity index (χ3v) is 4.52. The lowest BCUT2D eigenvalue weighted by atomic mass is 10.1. The van der Waals surface area contributed by atoms with E-state index in [9.17, 15) is 0 Å². The monoisotopic (exact) mass is 392 g/mol. The van der Waals surface area contributed by atoms with Crippen LogP contribution in [0.1, 0.15) is 23.6 Å². The molecule has 29 heavy (non-hydrogen) atoms. The number of pyridine rings is 1. The first-order valence-electron chi connectivity index (χ1n) is 9.78. The van der Waals surface area contributed by atoms with Gasteiger partial charge in [0, 0.05) is 31.7 Å². The topological polar surface area (TPSA) is 76.4 Å². The Morgan fingerprint density at radius 2 is 2.03 bits per heavy atom. The van der Waals surface area contributed by atoms with E-state index in [1.165, 1.54) is 5.56 Å². The first-order chi connectivity index (χ1) is 14.2. The highest BCUT2D eigenvalue weighted by Crippen LogP contribution is 2.19. The molecule has 2 heterocycles. The molecule has 3 aromatic rings. The van der Waals surface area contributed by atoms with E-state index in [0.717, 1.165) is 48.2 Å². The van der Waals surface area contributed by atoms with Gasteiger partial charge in [-0.25, -0.2) is 15.0 Å². The van der Waals surface area contributed by atoms with Crippen molar-refractivity contribution in [2.24, 2.45) is 4.99 Å². The van der Waals surface area contributed by atoms with Gasteiger partial charge in [0.05, 0.1) is 13.7 Å². The van der Waals surface area contributed by atoms with Gasteiger partial charge in [0.2, 0.25) is 0 Å². The molecule has 7 nitrogen and oxygen atoms in total. The molecule has 3 rings (SSSR count). The molecule has 1 aromatic carbocycles. The molecule has 2 aromatic heterocycles. The summed E-state index contributed by atoms with van der Waals surface area (Å²) in [6.45, 7) is 6.26. The molecule has 0 atom stereocenters. The number of aromatic nitrogens is 3. The van der Waals surface area contributed by atoms with E-state index in [2.05, 4.69) is 50.7 Å². The molecule has 2 N–H and O–H groups in total. The van der Waals surface area contributed by atoms with Crippen molar-refractivity contribution in [3.05, 3.63) is 71.9 Å². The number of rotatable bonds is 8. The van der Waals surface area contributed by atoms with Crippen LogP contribution >= 0.6 is 0 Å². The number of imidazole rings is 1. The third kappa shape index (κ3) is 5.81. The molecule has 0 aliphatic heterocycles. The van der Waals surface area contributed by atoms with Crippen LogP contribution in [0.15, 0.2) is 60.2 Å². The van der Waals surface area contributed by atoms with E-state index in [0.29, 0.717) is 6.54 Å². The summed E-state index contributed by atoms with van der Waals surface area (Å²) in [5.41, 5.74) is 3.43. The summed E-state index contributed by atoms with van der Waals surface area (Å²) < 4.78 is 7.28. The van der Waals surface area contributed by atoms with Crippen LogP contribution in [0, 0.1) is 6.92 Å². The number of methoxy groups -OCH3 is 1. The molecule has 0 aliphatic carbocycles. The molecule has 7 heteroatoms. The van der Waals surface area contributed by atoms with E-state index in [1.54, 1.807) is 19.6 Å². The molecule has 0 saturated heterocycles. The van der Waals surface area contributed by atoms with Gasteiger partial charge in [-0.1, -0.05) is 18.2 Å². The zero-order valence-corrected chi connectivity index (χ0v) is 17.2. The zero-order chi connectivity index (χ0) is 20.5. The van der Waals surface area contributed by atoms with Crippen molar-refractivity contribution in [3.8, 4) is 11.6 Å². The summed E-state index contributed by atoms with van der Waals surface area (Å²) in [5.74, 6) is 2.56. The third-order valence-electron chi connectivity index (χ3n) is 4.52. The Morgan fingerprint density at radius 3 is 2.72 bits per heavy atom. The van der Waals surface area contributed by atoms with Crippen molar-refractivity contribution >= 4 is 5.96 Å².